The highest BCUT2D eigenvalue weighted by Gasteiger charge is 2.50. The van der Waals surface area contributed by atoms with Crippen molar-refractivity contribution >= 4 is 28.5 Å². The van der Waals surface area contributed by atoms with Crippen LogP contribution >= 0.6 is 0 Å². The van der Waals surface area contributed by atoms with Gasteiger partial charge in [0.1, 0.15) is 0 Å². The maximum absolute atomic E-state index is 13.0. The van der Waals surface area contributed by atoms with E-state index in [1.54, 1.807) is 19.1 Å². The fourth-order valence-electron chi connectivity index (χ4n) is 4.39. The second kappa shape index (κ2) is 10.8. The van der Waals surface area contributed by atoms with Crippen molar-refractivity contribution in [1.29, 1.82) is 0 Å². The van der Waals surface area contributed by atoms with Crippen LogP contribution in [0.1, 0.15) is 34.1 Å². The lowest BCUT2D eigenvalue weighted by atomic mass is 10.1. The van der Waals surface area contributed by atoms with E-state index in [-0.39, 0.29) is 16.1 Å². The maximum Gasteiger partial charge on any atom is 0.261 e. The molecule has 0 spiro atoms. The molecule has 3 rings (SSSR count). The molecule has 0 radical (unpaired) electrons. The Balaban J connectivity index is 1.92. The molecule has 0 unspecified atom stereocenters. The molecule has 1 heterocycles. The Morgan fingerprint density at radius 2 is 1.44 bits per heavy atom. The Morgan fingerprint density at radius 3 is 1.88 bits per heavy atom. The van der Waals surface area contributed by atoms with Crippen LogP contribution in [-0.2, 0) is 14.3 Å². The molecule has 2 atom stereocenters. The predicted octanol–water partition coefficient (Wildman–Crippen LogP) is 4.41. The Bertz CT molecular complexity index is 1130. The molecule has 7 heteroatoms. The summed E-state index contributed by atoms with van der Waals surface area (Å²) in [6.45, 7) is 12.7. The van der Waals surface area contributed by atoms with Gasteiger partial charge in [-0.25, -0.2) is 18.4 Å². The summed E-state index contributed by atoms with van der Waals surface area (Å²) in [5.41, 5.74) is 0. The van der Waals surface area contributed by atoms with Crippen LogP contribution in [0.25, 0.3) is 0 Å². The normalized spacial score (nSPS) is 14.4. The Labute approximate surface area is 205 Å². The van der Waals surface area contributed by atoms with Crippen molar-refractivity contribution in [2.45, 2.75) is 49.6 Å². The molecule has 0 N–H and O–H groups in total. The summed E-state index contributed by atoms with van der Waals surface area (Å²) in [6.07, 6.45) is 5.07. The van der Waals surface area contributed by atoms with Crippen LogP contribution in [0, 0.1) is 5.92 Å². The molecule has 1 aromatic heterocycles. The number of hydrogen-bond acceptors (Lipinski definition) is 5. The van der Waals surface area contributed by atoms with E-state index in [1.165, 1.54) is 22.8 Å². The van der Waals surface area contributed by atoms with Crippen molar-refractivity contribution < 1.29 is 12.8 Å². The first-order chi connectivity index (χ1) is 16.1. The zero-order valence-corrected chi connectivity index (χ0v) is 22.2. The lowest BCUT2D eigenvalue weighted by Gasteiger charge is -2.43. The second-order valence-corrected chi connectivity index (χ2v) is 16.2. The number of sulfone groups is 1. The van der Waals surface area contributed by atoms with Crippen molar-refractivity contribution in [2.24, 2.45) is 5.92 Å². The SMILES string of the molecule is C=C[C@H](CO[Si](c1ccccc1)(c1ccccc1)C(C)(C)C)C[C@H](C)S(=O)(=O)c1ncccn1. The third kappa shape index (κ3) is 5.37. The first-order valence-electron chi connectivity index (χ1n) is 11.5. The van der Waals surface area contributed by atoms with Crippen molar-refractivity contribution in [2.75, 3.05) is 6.61 Å². The van der Waals surface area contributed by atoms with Gasteiger partial charge in [0, 0.05) is 19.0 Å². The monoisotopic (exact) mass is 494 g/mol. The Kier molecular flexibility index (Phi) is 8.23. The summed E-state index contributed by atoms with van der Waals surface area (Å²) < 4.78 is 33.0. The lowest BCUT2D eigenvalue weighted by molar-refractivity contribution is 0.252. The molecule has 0 saturated carbocycles. The molecule has 0 amide bonds. The first kappa shape index (κ1) is 26.0. The van der Waals surface area contributed by atoms with Crippen LogP contribution in [-0.4, -0.2) is 38.6 Å². The maximum atomic E-state index is 13.0. The Hall–Kier alpha value is -2.61. The Morgan fingerprint density at radius 1 is 0.941 bits per heavy atom. The molecule has 34 heavy (non-hydrogen) atoms. The zero-order valence-electron chi connectivity index (χ0n) is 20.4. The highest BCUT2D eigenvalue weighted by Crippen LogP contribution is 2.37. The van der Waals surface area contributed by atoms with Gasteiger partial charge in [-0.3, -0.25) is 0 Å². The molecule has 0 saturated heterocycles. The molecule has 0 bridgehead atoms. The van der Waals surface area contributed by atoms with Crippen LogP contribution in [0.3, 0.4) is 0 Å². The van der Waals surface area contributed by atoms with E-state index in [0.717, 1.165) is 0 Å². The number of hydrogen-bond donors (Lipinski definition) is 0. The van der Waals surface area contributed by atoms with E-state index in [2.05, 4.69) is 85.8 Å². The molecule has 2 aromatic carbocycles. The molecule has 0 aliphatic heterocycles. The summed E-state index contributed by atoms with van der Waals surface area (Å²) in [4.78, 5) is 7.90. The minimum absolute atomic E-state index is 0.141. The average molecular weight is 495 g/mol. The molecule has 5 nitrogen and oxygen atoms in total. The van der Waals surface area contributed by atoms with Crippen LogP contribution in [0.5, 0.6) is 0 Å². The third-order valence-corrected chi connectivity index (χ3v) is 13.2. The summed E-state index contributed by atoms with van der Waals surface area (Å²) >= 11 is 0. The minimum atomic E-state index is -3.64. The van der Waals surface area contributed by atoms with Crippen molar-refractivity contribution in [1.82, 2.24) is 9.97 Å². The van der Waals surface area contributed by atoms with Gasteiger partial charge >= 0.3 is 0 Å². The summed E-state index contributed by atoms with van der Waals surface area (Å²) in [6, 6.07) is 22.4. The van der Waals surface area contributed by atoms with Crippen molar-refractivity contribution in [3.05, 3.63) is 91.8 Å². The molecule has 0 fully saturated rings. The zero-order chi connectivity index (χ0) is 24.8. The van der Waals surface area contributed by atoms with E-state index in [4.69, 9.17) is 4.43 Å². The molecular formula is C27H34N2O3SSi. The third-order valence-electron chi connectivity index (χ3n) is 6.23. The molecule has 0 aliphatic carbocycles. The highest BCUT2D eigenvalue weighted by atomic mass is 32.2. The average Bonchev–Trinajstić information content (AvgIpc) is 2.84. The molecule has 0 aliphatic rings. The van der Waals surface area contributed by atoms with E-state index in [1.807, 2.05) is 12.1 Å². The quantitative estimate of drug-likeness (QED) is 0.237. The van der Waals surface area contributed by atoms with E-state index < -0.39 is 23.4 Å². The predicted molar refractivity (Wildman–Crippen MR) is 141 cm³/mol. The number of rotatable bonds is 10. The number of benzene rings is 2. The van der Waals surface area contributed by atoms with Gasteiger partial charge in [-0.2, -0.15) is 0 Å². The van der Waals surface area contributed by atoms with Gasteiger partial charge in [0.05, 0.1) is 5.25 Å². The van der Waals surface area contributed by atoms with Crippen LogP contribution in [0.15, 0.2) is 96.9 Å². The summed E-state index contributed by atoms with van der Waals surface area (Å²) in [5, 5.41) is 1.42. The van der Waals surface area contributed by atoms with Gasteiger partial charge in [0.25, 0.3) is 8.32 Å². The second-order valence-electron chi connectivity index (χ2n) is 9.59. The van der Waals surface area contributed by atoms with Crippen molar-refractivity contribution in [3.8, 4) is 0 Å². The standard InChI is InChI=1S/C27H34N2O3SSi/c1-6-23(20-22(2)33(30,31)26-28-18-13-19-29-26)21-32-34(27(3,4)5,24-14-9-7-10-15-24)25-16-11-8-12-17-25/h6-19,22-23H,1,20-21H2,2-5H3/t22-,23-/m0/s1. The number of aromatic nitrogens is 2. The van der Waals surface area contributed by atoms with Gasteiger partial charge in [-0.05, 0) is 40.7 Å². The van der Waals surface area contributed by atoms with Crippen LogP contribution in [0.2, 0.25) is 5.04 Å². The summed E-state index contributed by atoms with van der Waals surface area (Å²) in [5.74, 6) is -0.143. The van der Waals surface area contributed by atoms with Gasteiger partial charge in [-0.1, -0.05) is 87.5 Å². The topological polar surface area (TPSA) is 69.2 Å². The van der Waals surface area contributed by atoms with Crippen LogP contribution in [0.4, 0.5) is 0 Å². The minimum Gasteiger partial charge on any atom is -0.407 e. The van der Waals surface area contributed by atoms with Gasteiger partial charge in [0.15, 0.2) is 0 Å². The smallest absolute Gasteiger partial charge is 0.261 e. The largest absolute Gasteiger partial charge is 0.407 e. The number of nitrogens with zero attached hydrogens (tertiary/aromatic N) is 2. The lowest BCUT2D eigenvalue weighted by Crippen LogP contribution is -2.66. The fraction of sp³-hybridized carbons (Fsp3) is 0.333. The first-order valence-corrected chi connectivity index (χ1v) is 15.0. The summed E-state index contributed by atoms with van der Waals surface area (Å²) in [7, 11) is -6.36. The van der Waals surface area contributed by atoms with Crippen LogP contribution < -0.4 is 10.4 Å². The van der Waals surface area contributed by atoms with E-state index >= 15 is 0 Å². The van der Waals surface area contributed by atoms with E-state index in [0.29, 0.717) is 13.0 Å². The van der Waals surface area contributed by atoms with Gasteiger partial charge in [0.2, 0.25) is 15.0 Å². The molecular weight excluding hydrogens is 460 g/mol. The molecule has 180 valence electrons. The van der Waals surface area contributed by atoms with E-state index in [9.17, 15) is 8.42 Å². The van der Waals surface area contributed by atoms with Gasteiger partial charge in [-0.15, -0.1) is 6.58 Å². The highest BCUT2D eigenvalue weighted by molar-refractivity contribution is 7.91. The van der Waals surface area contributed by atoms with Gasteiger partial charge < -0.3 is 4.43 Å². The van der Waals surface area contributed by atoms with Crippen molar-refractivity contribution in [3.63, 3.8) is 0 Å². The molecule has 3 aromatic rings. The fourth-order valence-corrected chi connectivity index (χ4v) is 10.3.